The summed E-state index contributed by atoms with van der Waals surface area (Å²) in [5, 5.41) is 17.8. The van der Waals surface area contributed by atoms with Gasteiger partial charge < -0.3 is 0 Å². The van der Waals surface area contributed by atoms with Crippen LogP contribution in [0, 0.1) is 10.1 Å². The van der Waals surface area contributed by atoms with Crippen LogP contribution < -0.4 is 5.69 Å². The van der Waals surface area contributed by atoms with Crippen molar-refractivity contribution in [3.05, 3.63) is 73.2 Å². The number of rotatable bonds is 7. The molecule has 1 heterocycles. The van der Waals surface area contributed by atoms with Gasteiger partial charge in [0.25, 0.3) is 5.69 Å². The molecule has 0 radical (unpaired) electrons. The van der Waals surface area contributed by atoms with Gasteiger partial charge >= 0.3 is 11.9 Å². The van der Waals surface area contributed by atoms with E-state index in [0.29, 0.717) is 18.4 Å². The summed E-state index contributed by atoms with van der Waals surface area (Å²) < 4.78 is 42.6. The highest BCUT2D eigenvalue weighted by Crippen LogP contribution is 2.41. The van der Waals surface area contributed by atoms with Crippen molar-refractivity contribution >= 4 is 17.4 Å². The number of aromatic nitrogens is 3. The summed E-state index contributed by atoms with van der Waals surface area (Å²) in [6.45, 7) is 4.00. The molecule has 3 aromatic rings. The lowest BCUT2D eigenvalue weighted by atomic mass is 9.94. The third-order valence-electron chi connectivity index (χ3n) is 6.24. The third kappa shape index (κ3) is 4.48. The highest BCUT2D eigenvalue weighted by Gasteiger charge is 2.37. The number of nitro benzene ring substituents is 1. The van der Waals surface area contributed by atoms with E-state index in [1.807, 2.05) is 13.8 Å². The Morgan fingerprint density at radius 2 is 1.85 bits per heavy atom. The molecule has 0 saturated carbocycles. The zero-order valence-electron chi connectivity index (χ0n) is 18.6. The van der Waals surface area contributed by atoms with Gasteiger partial charge in [0.05, 0.1) is 21.1 Å². The van der Waals surface area contributed by atoms with E-state index < -0.39 is 22.4 Å². The van der Waals surface area contributed by atoms with Crippen LogP contribution >= 0.6 is 11.8 Å². The number of hydrogen-bond acceptors (Lipinski definition) is 5. The summed E-state index contributed by atoms with van der Waals surface area (Å²) >= 11 is 0.785. The van der Waals surface area contributed by atoms with E-state index >= 15 is 0 Å². The van der Waals surface area contributed by atoms with Gasteiger partial charge in [0.1, 0.15) is 0 Å². The second kappa shape index (κ2) is 9.28. The highest BCUT2D eigenvalue weighted by molar-refractivity contribution is 7.99. The van der Waals surface area contributed by atoms with Crippen molar-refractivity contribution in [2.75, 3.05) is 0 Å². The normalized spacial score (nSPS) is 13.5. The minimum absolute atomic E-state index is 0.105. The quantitative estimate of drug-likeness (QED) is 0.321. The number of halogens is 3. The Kier molecular flexibility index (Phi) is 6.57. The van der Waals surface area contributed by atoms with Gasteiger partial charge in [-0.3, -0.25) is 10.1 Å². The molecule has 0 unspecified atom stereocenters. The number of hydrogen-bond donors (Lipinski definition) is 1. The third-order valence-corrected chi connectivity index (χ3v) is 7.26. The van der Waals surface area contributed by atoms with Gasteiger partial charge in [0, 0.05) is 6.07 Å². The number of nitrogens with zero attached hydrogens (tertiary/aromatic N) is 3. The molecular weight excluding hydrogens is 469 g/mol. The predicted octanol–water partition coefficient (Wildman–Crippen LogP) is 6.03. The summed E-state index contributed by atoms with van der Waals surface area (Å²) in [5.41, 5.74) is -0.0908. The van der Waals surface area contributed by atoms with Crippen LogP contribution in [0.15, 0.2) is 45.2 Å². The van der Waals surface area contributed by atoms with Gasteiger partial charge in [-0.25, -0.2) is 14.5 Å². The van der Waals surface area contributed by atoms with Crippen LogP contribution in [0.3, 0.4) is 0 Å². The van der Waals surface area contributed by atoms with E-state index in [4.69, 9.17) is 0 Å². The van der Waals surface area contributed by atoms with E-state index in [-0.39, 0.29) is 27.3 Å². The topological polar surface area (TPSA) is 93.8 Å². The van der Waals surface area contributed by atoms with Gasteiger partial charge in [-0.2, -0.15) is 13.2 Å². The predicted molar refractivity (Wildman–Crippen MR) is 122 cm³/mol. The van der Waals surface area contributed by atoms with Crippen LogP contribution in [0.25, 0.3) is 5.69 Å². The minimum Gasteiger partial charge on any atom is -0.258 e. The molecule has 7 nitrogen and oxygen atoms in total. The first kappa shape index (κ1) is 24.1. The number of H-pyrrole nitrogens is 1. The zero-order valence-corrected chi connectivity index (χ0v) is 19.4. The molecule has 180 valence electrons. The van der Waals surface area contributed by atoms with Crippen LogP contribution in [-0.2, 0) is 19.0 Å². The van der Waals surface area contributed by atoms with Crippen molar-refractivity contribution in [1.82, 2.24) is 14.8 Å². The summed E-state index contributed by atoms with van der Waals surface area (Å²) in [4.78, 5) is 24.0. The Balaban J connectivity index is 1.82. The molecule has 4 rings (SSSR count). The Bertz CT molecular complexity index is 1300. The van der Waals surface area contributed by atoms with E-state index in [9.17, 15) is 28.1 Å². The van der Waals surface area contributed by atoms with Gasteiger partial charge in [0.2, 0.25) is 5.16 Å². The van der Waals surface area contributed by atoms with Crippen LogP contribution in [0.4, 0.5) is 18.9 Å². The van der Waals surface area contributed by atoms with Crippen LogP contribution in [0.1, 0.15) is 61.3 Å². The Hall–Kier alpha value is -3.08. The fourth-order valence-electron chi connectivity index (χ4n) is 4.46. The molecule has 1 N–H and O–H groups in total. The van der Waals surface area contributed by atoms with Gasteiger partial charge in [-0.15, -0.1) is 5.10 Å². The largest absolute Gasteiger partial charge is 0.418 e. The Labute approximate surface area is 197 Å². The molecule has 2 aromatic carbocycles. The molecule has 1 aliphatic rings. The maximum atomic E-state index is 13.9. The number of benzene rings is 2. The fraction of sp³-hybridized carbons (Fsp3) is 0.391. The van der Waals surface area contributed by atoms with Crippen LogP contribution in [0.5, 0.6) is 0 Å². The first-order valence-corrected chi connectivity index (χ1v) is 11.8. The highest BCUT2D eigenvalue weighted by atomic mass is 32.2. The molecule has 34 heavy (non-hydrogen) atoms. The van der Waals surface area contributed by atoms with Crippen molar-refractivity contribution in [2.24, 2.45) is 0 Å². The fourth-order valence-corrected chi connectivity index (χ4v) is 5.40. The Morgan fingerprint density at radius 3 is 2.47 bits per heavy atom. The summed E-state index contributed by atoms with van der Waals surface area (Å²) in [7, 11) is 0. The summed E-state index contributed by atoms with van der Waals surface area (Å²) in [5.74, 6) is 0.155. The lowest BCUT2D eigenvalue weighted by Crippen LogP contribution is -2.20. The van der Waals surface area contributed by atoms with Crippen molar-refractivity contribution < 1.29 is 18.1 Å². The summed E-state index contributed by atoms with van der Waals surface area (Å²) in [6, 6.07) is 7.31. The molecule has 0 aliphatic heterocycles. The molecule has 0 saturated heterocycles. The maximum absolute atomic E-state index is 13.9. The van der Waals surface area contributed by atoms with E-state index in [1.165, 1.54) is 12.1 Å². The van der Waals surface area contributed by atoms with Crippen molar-refractivity contribution in [1.29, 1.82) is 0 Å². The number of alkyl halides is 3. The standard InChI is InChI=1S/C23H23F3N4O3S/c1-3-13(4-2)16-8-9-20(19(12-16)30(32)33)34-22-28-27-21(31)29(22)18-11-15-7-5-6-14(15)10-17(18)23(24,25)26/h8-13H,3-7H2,1-2H3,(H,27,31). The number of aromatic amines is 1. The number of nitrogens with one attached hydrogen (secondary N) is 1. The molecule has 0 bridgehead atoms. The molecule has 0 amide bonds. The van der Waals surface area contributed by atoms with Gasteiger partial charge in [-0.05, 0) is 84.7 Å². The lowest BCUT2D eigenvalue weighted by Gasteiger charge is -2.16. The smallest absolute Gasteiger partial charge is 0.258 e. The maximum Gasteiger partial charge on any atom is 0.418 e. The van der Waals surface area contributed by atoms with Gasteiger partial charge in [0.15, 0.2) is 0 Å². The second-order valence-corrected chi connectivity index (χ2v) is 9.24. The monoisotopic (exact) mass is 492 g/mol. The summed E-state index contributed by atoms with van der Waals surface area (Å²) in [6.07, 6.45) is -1.13. The second-order valence-electron chi connectivity index (χ2n) is 8.24. The Morgan fingerprint density at radius 1 is 1.18 bits per heavy atom. The zero-order chi connectivity index (χ0) is 24.6. The first-order chi connectivity index (χ1) is 16.1. The first-order valence-electron chi connectivity index (χ1n) is 11.0. The van der Waals surface area contributed by atoms with E-state index in [2.05, 4.69) is 10.2 Å². The van der Waals surface area contributed by atoms with Crippen molar-refractivity contribution in [3.63, 3.8) is 0 Å². The van der Waals surface area contributed by atoms with Crippen LogP contribution in [-0.4, -0.2) is 19.7 Å². The minimum atomic E-state index is -4.69. The molecule has 11 heteroatoms. The van der Waals surface area contributed by atoms with Crippen LogP contribution in [0.2, 0.25) is 0 Å². The lowest BCUT2D eigenvalue weighted by molar-refractivity contribution is -0.387. The average Bonchev–Trinajstić information content (AvgIpc) is 3.39. The molecule has 1 aliphatic carbocycles. The SMILES string of the molecule is CCC(CC)c1ccc(Sc2n[nH]c(=O)n2-c2cc3c(cc2C(F)(F)F)CCC3)c([N+](=O)[O-])c1. The molecular formula is C23H23F3N4O3S. The molecule has 0 atom stereocenters. The van der Waals surface area contributed by atoms with Crippen molar-refractivity contribution in [3.8, 4) is 5.69 Å². The molecule has 1 aromatic heterocycles. The van der Waals surface area contributed by atoms with Crippen molar-refractivity contribution in [2.45, 2.75) is 68.1 Å². The number of nitro groups is 1. The van der Waals surface area contributed by atoms with E-state index in [1.54, 1.807) is 12.1 Å². The number of fused-ring (bicyclic) bond motifs is 1. The van der Waals surface area contributed by atoms with E-state index in [0.717, 1.165) is 52.8 Å². The van der Waals surface area contributed by atoms with Gasteiger partial charge in [-0.1, -0.05) is 19.9 Å². The molecule has 0 fully saturated rings. The molecule has 0 spiro atoms. The average molecular weight is 493 g/mol. The number of aryl methyl sites for hydroxylation is 2.